The Kier molecular flexibility index (Phi) is 16.4. The van der Waals surface area contributed by atoms with E-state index in [4.69, 9.17) is 5.26 Å². The summed E-state index contributed by atoms with van der Waals surface area (Å²) in [6.07, 6.45) is 0. The summed E-state index contributed by atoms with van der Waals surface area (Å²) in [5.74, 6) is 0.319. The van der Waals surface area contributed by atoms with Crippen LogP contribution in [0.25, 0.3) is 0 Å². The molecule has 0 fully saturated rings. The minimum absolute atomic E-state index is 0. The Hall–Kier alpha value is 0.840. The van der Waals surface area contributed by atoms with E-state index in [0.29, 0.717) is 5.75 Å². The molecule has 0 aliphatic rings. The molecule has 0 aliphatic carbocycles. The fraction of sp³-hybridized carbons (Fsp3) is 0.500. The first-order valence-electron chi connectivity index (χ1n) is 0.893. The minimum atomic E-state index is 0. The van der Waals surface area contributed by atoms with E-state index in [-0.39, 0.29) is 29.6 Å². The third-order valence-electron chi connectivity index (χ3n) is 0.0707. The van der Waals surface area contributed by atoms with Crippen molar-refractivity contribution >= 4 is 42.2 Å². The summed E-state index contributed by atoms with van der Waals surface area (Å²) in [7, 11) is 0. The van der Waals surface area contributed by atoms with E-state index < -0.39 is 0 Å². The molecule has 0 bridgehead atoms. The van der Waals surface area contributed by atoms with E-state index in [2.05, 4.69) is 12.6 Å². The van der Waals surface area contributed by atoms with E-state index in [1.807, 2.05) is 0 Å². The van der Waals surface area contributed by atoms with Crippen molar-refractivity contribution in [2.75, 3.05) is 5.75 Å². The van der Waals surface area contributed by atoms with Gasteiger partial charge in [-0.25, -0.2) is 0 Å². The molecule has 1 radical (unpaired) electrons. The average molecular weight is 96.1 g/mol. The van der Waals surface area contributed by atoms with E-state index in [1.165, 1.54) is 0 Å². The molecule has 0 aromatic heterocycles. The van der Waals surface area contributed by atoms with Crippen molar-refractivity contribution in [1.29, 1.82) is 5.26 Å². The van der Waals surface area contributed by atoms with Crippen LogP contribution in [-0.2, 0) is 0 Å². The van der Waals surface area contributed by atoms with Crippen LogP contribution in [0.5, 0.6) is 0 Å². The normalized spacial score (nSPS) is 4.00. The summed E-state index contributed by atoms with van der Waals surface area (Å²) in [6.45, 7) is 0. The fourth-order valence-corrected chi connectivity index (χ4v) is 0. The van der Waals surface area contributed by atoms with Gasteiger partial charge in [0.05, 0.1) is 11.8 Å². The van der Waals surface area contributed by atoms with Crippen LogP contribution in [0.3, 0.4) is 0 Å². The van der Waals surface area contributed by atoms with Gasteiger partial charge in [0.25, 0.3) is 0 Å². The molecule has 0 N–H and O–H groups in total. The molecule has 0 atom stereocenters. The Labute approximate surface area is 59.1 Å². The number of nitriles is 1. The molecule has 0 unspecified atom stereocenters. The summed E-state index contributed by atoms with van der Waals surface area (Å²) >= 11 is 3.56. The molecule has 3 heteroatoms. The van der Waals surface area contributed by atoms with Gasteiger partial charge >= 0.3 is 0 Å². The molecule has 0 spiro atoms. The summed E-state index contributed by atoms with van der Waals surface area (Å²) in [6, 6.07) is 1.79. The van der Waals surface area contributed by atoms with Gasteiger partial charge in [0, 0.05) is 29.6 Å². The Morgan fingerprint density at radius 3 is 2.00 bits per heavy atom. The fourth-order valence-electron chi connectivity index (χ4n) is 0. The molecule has 0 aromatic carbocycles. The van der Waals surface area contributed by atoms with Crippen LogP contribution in [0.1, 0.15) is 0 Å². The van der Waals surface area contributed by atoms with Gasteiger partial charge in [-0.15, -0.1) is 0 Å². The number of rotatable bonds is 0. The van der Waals surface area contributed by atoms with Crippen molar-refractivity contribution in [3.05, 3.63) is 0 Å². The topological polar surface area (TPSA) is 23.8 Å². The van der Waals surface area contributed by atoms with E-state index in [0.717, 1.165) is 0 Å². The molecule has 0 aromatic rings. The quantitative estimate of drug-likeness (QED) is 0.334. The predicted molar refractivity (Wildman–Crippen MR) is 25.2 cm³/mol. The van der Waals surface area contributed by atoms with Crippen LogP contribution in [0, 0.1) is 11.3 Å². The van der Waals surface area contributed by atoms with Gasteiger partial charge in [0.2, 0.25) is 0 Å². The van der Waals surface area contributed by atoms with Crippen LogP contribution in [0.2, 0.25) is 0 Å². The Bertz CT molecular complexity index is 39.4. The van der Waals surface area contributed by atoms with Gasteiger partial charge in [-0.2, -0.15) is 17.9 Å². The molecule has 0 aliphatic heterocycles. The van der Waals surface area contributed by atoms with Crippen molar-refractivity contribution in [3.63, 3.8) is 0 Å². The van der Waals surface area contributed by atoms with E-state index in [1.54, 1.807) is 6.07 Å². The summed E-state index contributed by atoms with van der Waals surface area (Å²) in [5, 5.41) is 7.55. The minimum Gasteiger partial charge on any atom is -0.197 e. The predicted octanol–water partition coefficient (Wildman–Crippen LogP) is 0.0590. The maximum atomic E-state index is 7.55. The zero-order valence-corrected chi connectivity index (χ0v) is 6.00. The van der Waals surface area contributed by atoms with Gasteiger partial charge < -0.3 is 0 Å². The first kappa shape index (κ1) is 9.28. The molecule has 23 valence electrons. The Morgan fingerprint density at radius 1 is 1.80 bits per heavy atom. The molecule has 0 amide bonds. The SMILES string of the molecule is N#CCS.[Na]. The van der Waals surface area contributed by atoms with Crippen LogP contribution in [0.15, 0.2) is 0 Å². The second-order valence-corrected chi connectivity index (χ2v) is 0.632. The van der Waals surface area contributed by atoms with E-state index >= 15 is 0 Å². The summed E-state index contributed by atoms with van der Waals surface area (Å²) in [4.78, 5) is 0. The monoisotopic (exact) mass is 96.0 g/mol. The zero-order chi connectivity index (χ0) is 3.41. The molecule has 0 saturated heterocycles. The average Bonchev–Trinajstić information content (AvgIpc) is 1.37. The van der Waals surface area contributed by atoms with Crippen molar-refractivity contribution < 1.29 is 0 Å². The summed E-state index contributed by atoms with van der Waals surface area (Å²) in [5.41, 5.74) is 0. The van der Waals surface area contributed by atoms with Crippen LogP contribution < -0.4 is 0 Å². The van der Waals surface area contributed by atoms with Gasteiger partial charge in [-0.3, -0.25) is 0 Å². The van der Waals surface area contributed by atoms with Gasteiger partial charge in [-0.1, -0.05) is 0 Å². The zero-order valence-electron chi connectivity index (χ0n) is 3.10. The molecular weight excluding hydrogens is 93.1 g/mol. The molecular formula is C2H3NNaS. The van der Waals surface area contributed by atoms with Gasteiger partial charge in [-0.05, 0) is 0 Å². The third-order valence-corrected chi connectivity index (χ3v) is 0.212. The van der Waals surface area contributed by atoms with Gasteiger partial charge in [0.1, 0.15) is 0 Å². The molecule has 0 rings (SSSR count). The largest absolute Gasteiger partial charge is 0.197 e. The number of nitrogens with zero attached hydrogens (tertiary/aromatic N) is 1. The number of thiol groups is 1. The van der Waals surface area contributed by atoms with Crippen molar-refractivity contribution in [3.8, 4) is 6.07 Å². The van der Waals surface area contributed by atoms with Crippen LogP contribution >= 0.6 is 12.6 Å². The van der Waals surface area contributed by atoms with Crippen LogP contribution in [-0.4, -0.2) is 35.3 Å². The maximum absolute atomic E-state index is 7.55. The number of hydrogen-bond acceptors (Lipinski definition) is 2. The maximum Gasteiger partial charge on any atom is 0.0777 e. The molecule has 0 saturated carbocycles. The second kappa shape index (κ2) is 8.85. The smallest absolute Gasteiger partial charge is 0.0777 e. The van der Waals surface area contributed by atoms with E-state index in [9.17, 15) is 0 Å². The Morgan fingerprint density at radius 2 is 2.00 bits per heavy atom. The van der Waals surface area contributed by atoms with Crippen molar-refractivity contribution in [2.24, 2.45) is 0 Å². The van der Waals surface area contributed by atoms with Crippen molar-refractivity contribution in [1.82, 2.24) is 0 Å². The molecule has 0 heterocycles. The van der Waals surface area contributed by atoms with Crippen LogP contribution in [0.4, 0.5) is 0 Å². The molecule has 1 nitrogen and oxygen atoms in total. The van der Waals surface area contributed by atoms with Crippen molar-refractivity contribution in [2.45, 2.75) is 0 Å². The number of hydrogen-bond donors (Lipinski definition) is 1. The van der Waals surface area contributed by atoms with Gasteiger partial charge in [0.15, 0.2) is 0 Å². The standard InChI is InChI=1S/C2H3NS.Na/c3-1-2-4;/h4H,2H2;. The first-order chi connectivity index (χ1) is 1.91. The molecule has 5 heavy (non-hydrogen) atoms. The Balaban J connectivity index is 0. The third kappa shape index (κ3) is 11.5. The first-order valence-corrected chi connectivity index (χ1v) is 1.53. The second-order valence-electron chi connectivity index (χ2n) is 0.316. The summed E-state index contributed by atoms with van der Waals surface area (Å²) < 4.78 is 0.